The van der Waals surface area contributed by atoms with Crippen LogP contribution in [-0.4, -0.2) is 54.4 Å². The molecule has 0 bridgehead atoms. The molecule has 2 atom stereocenters. The monoisotopic (exact) mass is 564 g/mol. The van der Waals surface area contributed by atoms with Gasteiger partial charge in [-0.15, -0.1) is 10.8 Å². The van der Waals surface area contributed by atoms with Crippen LogP contribution in [0.3, 0.4) is 0 Å². The number of rotatable bonds is 7. The maximum atomic E-state index is 15.1. The molecule has 2 amide bonds. The van der Waals surface area contributed by atoms with E-state index in [4.69, 9.17) is 0 Å². The van der Waals surface area contributed by atoms with Crippen LogP contribution in [0.15, 0.2) is 42.5 Å². The summed E-state index contributed by atoms with van der Waals surface area (Å²) in [6.45, 7) is -1.23. The number of benzene rings is 2. The first-order chi connectivity index (χ1) is 17.5. The summed E-state index contributed by atoms with van der Waals surface area (Å²) in [5, 5.41) is -1.29. The normalized spacial score (nSPS) is 19.3. The number of hydrogen-bond donors (Lipinski definition) is 4. The first-order valence-corrected chi connectivity index (χ1v) is 12.7. The molecule has 4 rings (SSSR count). The van der Waals surface area contributed by atoms with Gasteiger partial charge in [0.25, 0.3) is 5.92 Å². The molecule has 2 aromatic carbocycles. The number of nitrogens with one attached hydrogen (secondary N) is 2. The molecule has 4 N–H and O–H groups in total. The average Bonchev–Trinajstić information content (AvgIpc) is 3.33. The Bertz CT molecular complexity index is 1340. The van der Waals surface area contributed by atoms with Crippen LogP contribution in [0.2, 0.25) is 0 Å². The van der Waals surface area contributed by atoms with Crippen molar-refractivity contribution >= 4 is 33.6 Å². The summed E-state index contributed by atoms with van der Waals surface area (Å²) >= 11 is 0. The van der Waals surface area contributed by atoms with Crippen LogP contribution in [0, 0.1) is 5.82 Å². The number of amides is 2. The van der Waals surface area contributed by atoms with Crippen molar-refractivity contribution in [1.82, 2.24) is 19.6 Å². The molecule has 0 saturated carbocycles. The van der Waals surface area contributed by atoms with E-state index in [1.54, 1.807) is 18.2 Å². The number of fused-ring (bicyclic) bond motifs is 1. The van der Waals surface area contributed by atoms with Crippen LogP contribution < -0.4 is 4.72 Å². The van der Waals surface area contributed by atoms with E-state index in [2.05, 4.69) is 9.97 Å². The second-order valence-electron chi connectivity index (χ2n) is 9.03. The molecule has 1 aliphatic heterocycles. The number of halogens is 6. The Morgan fingerprint density at radius 2 is 1.87 bits per heavy atom. The van der Waals surface area contributed by atoms with Crippen LogP contribution in [0.1, 0.15) is 41.6 Å². The van der Waals surface area contributed by atoms with Crippen molar-refractivity contribution < 1.29 is 45.0 Å². The molecule has 2 unspecified atom stereocenters. The topological polar surface area (TPSA) is 119 Å². The Balaban J connectivity index is 1.76. The Morgan fingerprint density at radius 3 is 2.42 bits per heavy atom. The molecule has 15 heteroatoms. The number of nitrogens with zero attached hydrogens (tertiary/aromatic N) is 2. The minimum Gasteiger partial charge on any atom is -0.340 e. The van der Waals surface area contributed by atoms with E-state index < -0.39 is 71.2 Å². The Kier molecular flexibility index (Phi) is 7.14. The number of carbonyl (C=O) groups excluding carboxylic acids is 2. The predicted molar refractivity (Wildman–Crippen MR) is 126 cm³/mol. The minimum atomic E-state index is -5.49. The summed E-state index contributed by atoms with van der Waals surface area (Å²) in [6, 6.07) is 7.83. The molecule has 2 heterocycles. The molecule has 1 aromatic heterocycles. The molecule has 1 aliphatic rings. The van der Waals surface area contributed by atoms with Crippen molar-refractivity contribution in [3.8, 4) is 0 Å². The lowest BCUT2D eigenvalue weighted by Gasteiger charge is -2.34. The fourth-order valence-corrected chi connectivity index (χ4v) is 5.79. The van der Waals surface area contributed by atoms with Crippen LogP contribution in [0.5, 0.6) is 0 Å². The van der Waals surface area contributed by atoms with Crippen molar-refractivity contribution in [2.45, 2.75) is 43.2 Å². The van der Waals surface area contributed by atoms with Gasteiger partial charge in [0.05, 0.1) is 30.0 Å². The van der Waals surface area contributed by atoms with Crippen LogP contribution >= 0.6 is 10.8 Å². The number of imidazole rings is 1. The summed E-state index contributed by atoms with van der Waals surface area (Å²) in [5.74, 6) is -8.16. The zero-order valence-corrected chi connectivity index (χ0v) is 20.4. The molecule has 0 radical (unpaired) electrons. The smallest absolute Gasteiger partial charge is 0.340 e. The van der Waals surface area contributed by atoms with Crippen molar-refractivity contribution in [3.63, 3.8) is 0 Å². The Labute approximate surface area is 213 Å². The van der Waals surface area contributed by atoms with Crippen LogP contribution in [0.4, 0.5) is 26.3 Å². The number of H-pyrrole nitrogens is 1. The largest absolute Gasteiger partial charge is 0.471 e. The third-order valence-corrected chi connectivity index (χ3v) is 7.67. The molecule has 8 nitrogen and oxygen atoms in total. The van der Waals surface area contributed by atoms with E-state index >= 15 is 4.39 Å². The van der Waals surface area contributed by atoms with E-state index in [-0.39, 0.29) is 21.9 Å². The zero-order valence-electron chi connectivity index (χ0n) is 19.6. The van der Waals surface area contributed by atoms with Crippen molar-refractivity contribution in [2.24, 2.45) is 0 Å². The van der Waals surface area contributed by atoms with Crippen molar-refractivity contribution in [1.29, 1.82) is 0 Å². The van der Waals surface area contributed by atoms with E-state index in [1.165, 1.54) is 12.1 Å². The highest BCUT2D eigenvalue weighted by molar-refractivity contribution is 8.23. The van der Waals surface area contributed by atoms with Crippen LogP contribution in [0.25, 0.3) is 11.0 Å². The minimum absolute atomic E-state index is 0.00450. The van der Waals surface area contributed by atoms with Gasteiger partial charge in [-0.05, 0) is 23.8 Å². The summed E-state index contributed by atoms with van der Waals surface area (Å²) in [6.07, 6.45) is -6.44. The fraction of sp³-hybridized carbons (Fsp3) is 0.348. The maximum absolute atomic E-state index is 15.1. The molecule has 206 valence electrons. The molecule has 3 aromatic rings. The number of aromatic nitrogens is 2. The second-order valence-corrected chi connectivity index (χ2v) is 11.0. The van der Waals surface area contributed by atoms with Gasteiger partial charge in [-0.1, -0.05) is 24.3 Å². The van der Waals surface area contributed by atoms with Gasteiger partial charge in [0.2, 0.25) is 5.91 Å². The summed E-state index contributed by atoms with van der Waals surface area (Å²) in [4.78, 5) is 30.8. The predicted octanol–water partition coefficient (Wildman–Crippen LogP) is 5.26. The van der Waals surface area contributed by atoms with Gasteiger partial charge in [-0.3, -0.25) is 23.4 Å². The van der Waals surface area contributed by atoms with Gasteiger partial charge in [-0.25, -0.2) is 18.2 Å². The number of carbonyl (C=O) groups is 2. The lowest BCUT2D eigenvalue weighted by atomic mass is 9.99. The maximum Gasteiger partial charge on any atom is 0.471 e. The lowest BCUT2D eigenvalue weighted by molar-refractivity contribution is -0.192. The molecule has 38 heavy (non-hydrogen) atoms. The number of aromatic amines is 1. The number of hydrogen-bond acceptors (Lipinski definition) is 5. The summed E-state index contributed by atoms with van der Waals surface area (Å²) < 4.78 is 106. The second kappa shape index (κ2) is 9.78. The van der Waals surface area contributed by atoms with Gasteiger partial charge in [0.15, 0.2) is 0 Å². The highest BCUT2D eigenvalue weighted by Gasteiger charge is 2.48. The van der Waals surface area contributed by atoms with Gasteiger partial charge >= 0.3 is 12.1 Å². The van der Waals surface area contributed by atoms with E-state index in [9.17, 15) is 40.6 Å². The third-order valence-electron chi connectivity index (χ3n) is 5.92. The summed E-state index contributed by atoms with van der Waals surface area (Å²) in [7, 11) is -3.68. The Hall–Kier alpha value is -3.30. The molecule has 1 fully saturated rings. The van der Waals surface area contributed by atoms with Gasteiger partial charge in [-0.2, -0.15) is 13.2 Å². The van der Waals surface area contributed by atoms with Crippen LogP contribution in [-0.2, 0) is 16.0 Å². The molecule has 1 saturated heterocycles. The average molecular weight is 565 g/mol. The molecular weight excluding hydrogens is 542 g/mol. The quantitative estimate of drug-likeness (QED) is 0.292. The van der Waals surface area contributed by atoms with E-state index in [0.717, 1.165) is 12.1 Å². The number of alkyl halides is 5. The zero-order chi connectivity index (χ0) is 28.0. The molecule has 0 spiro atoms. The first-order valence-electron chi connectivity index (χ1n) is 11.1. The van der Waals surface area contributed by atoms with E-state index in [0.29, 0.717) is 18.0 Å². The van der Waals surface area contributed by atoms with Gasteiger partial charge in [0.1, 0.15) is 16.9 Å². The fourth-order valence-electron chi connectivity index (χ4n) is 4.30. The first kappa shape index (κ1) is 27.7. The highest BCUT2D eigenvalue weighted by Crippen LogP contribution is 2.56. The Morgan fingerprint density at radius 1 is 1.18 bits per heavy atom. The third kappa shape index (κ3) is 5.89. The molecular formula is C23H22F6N4O4S. The SMILES string of the molecule is CC(F)(F)CN(C(=O)C(F)(F)F)C(Cc1ccc(C2CC(=O)NS2(O)O)c(F)c1)c1nc2ccccc2[nH]1. The van der Waals surface area contributed by atoms with E-state index in [1.807, 2.05) is 4.72 Å². The lowest BCUT2D eigenvalue weighted by Crippen LogP contribution is -2.48. The van der Waals surface area contributed by atoms with Gasteiger partial charge in [0, 0.05) is 18.9 Å². The standard InChI is InChI=1S/C23H22F6N4O4S/c1-22(25,26)11-33(21(35)23(27,28)29)17(20-30-15-4-2-3-5-16(15)31-20)9-12-6-7-13(14(24)8-12)18-10-19(34)32-38(18,36)37/h2-8,17-18,36-37H,9-11H2,1H3,(H,30,31)(H,32,34). The molecule has 0 aliphatic carbocycles. The van der Waals surface area contributed by atoms with Crippen molar-refractivity contribution in [3.05, 3.63) is 65.2 Å². The highest BCUT2D eigenvalue weighted by atomic mass is 32.3. The van der Waals surface area contributed by atoms with Crippen molar-refractivity contribution in [2.75, 3.05) is 6.54 Å². The number of para-hydroxylation sites is 2. The summed E-state index contributed by atoms with van der Waals surface area (Å²) in [5.41, 5.74) is 0.459. The van der Waals surface area contributed by atoms with Gasteiger partial charge < -0.3 is 9.88 Å².